The molecule has 41 heavy (non-hydrogen) atoms. The van der Waals surface area contributed by atoms with Crippen LogP contribution in [0.2, 0.25) is 0 Å². The maximum Gasteiger partial charge on any atom is 0.255 e. The predicted molar refractivity (Wildman–Crippen MR) is 174 cm³/mol. The molecule has 1 heterocycles. The molecule has 1 N–H and O–H groups in total. The minimum Gasteiger partial charge on any atom is -0.493 e. The number of rotatable bonds is 18. The molecule has 3 rings (SSSR count). The van der Waals surface area contributed by atoms with Crippen LogP contribution >= 0.6 is 11.3 Å². The molecule has 1 aromatic heterocycles. The zero-order valence-electron chi connectivity index (χ0n) is 26.3. The predicted octanol–water partition coefficient (Wildman–Crippen LogP) is 10.0. The molecule has 3 aromatic rings. The summed E-state index contributed by atoms with van der Waals surface area (Å²) in [6.45, 7) is 12.5. The lowest BCUT2D eigenvalue weighted by atomic mass is 9.86. The van der Waals surface area contributed by atoms with E-state index in [0.717, 1.165) is 30.0 Å². The highest BCUT2D eigenvalue weighted by molar-refractivity contribution is 7.09. The van der Waals surface area contributed by atoms with Crippen molar-refractivity contribution in [2.24, 2.45) is 0 Å². The molecule has 1 amide bonds. The number of benzene rings is 2. The topological polar surface area (TPSA) is 42.2 Å². The van der Waals surface area contributed by atoms with Crippen LogP contribution in [0, 0.1) is 6.92 Å². The number of carbonyl (C=O) groups excluding carboxylic acids is 1. The lowest BCUT2D eigenvalue weighted by molar-refractivity contribution is -0.689. The summed E-state index contributed by atoms with van der Waals surface area (Å²) in [5.41, 5.74) is 3.66. The van der Waals surface area contributed by atoms with Crippen LogP contribution in [0.5, 0.6) is 5.75 Å². The van der Waals surface area contributed by atoms with Gasteiger partial charge in [0.05, 0.1) is 12.0 Å². The summed E-state index contributed by atoms with van der Waals surface area (Å²) in [4.78, 5) is 13.2. The Labute approximate surface area is 253 Å². The van der Waals surface area contributed by atoms with E-state index in [-0.39, 0.29) is 11.3 Å². The summed E-state index contributed by atoms with van der Waals surface area (Å²) in [6, 6.07) is 14.0. The van der Waals surface area contributed by atoms with Crippen molar-refractivity contribution < 1.29 is 14.1 Å². The van der Waals surface area contributed by atoms with Gasteiger partial charge in [-0.15, -0.1) is 0 Å². The fourth-order valence-corrected chi connectivity index (χ4v) is 5.88. The van der Waals surface area contributed by atoms with Gasteiger partial charge >= 0.3 is 0 Å². The summed E-state index contributed by atoms with van der Waals surface area (Å²) in [5, 5.41) is 6.43. The fraction of sp³-hybridized carbons (Fsp3) is 0.556. The molecule has 0 bridgehead atoms. The molecule has 224 valence electrons. The number of unbranched alkanes of at least 4 members (excludes halogenated alkanes) is 11. The molecule has 0 atom stereocenters. The number of thiazole rings is 1. The van der Waals surface area contributed by atoms with E-state index >= 15 is 0 Å². The Bertz CT molecular complexity index is 1190. The van der Waals surface area contributed by atoms with Gasteiger partial charge in [0.2, 0.25) is 5.01 Å². The molecule has 2 aromatic carbocycles. The summed E-state index contributed by atoms with van der Waals surface area (Å²) < 4.78 is 8.52. The van der Waals surface area contributed by atoms with Gasteiger partial charge in [-0.2, -0.15) is 4.57 Å². The smallest absolute Gasteiger partial charge is 0.255 e. The number of amides is 1. The van der Waals surface area contributed by atoms with Crippen LogP contribution in [0.3, 0.4) is 0 Å². The molecule has 0 aliphatic carbocycles. The van der Waals surface area contributed by atoms with Crippen molar-refractivity contribution in [2.45, 2.75) is 124 Å². The molecule has 5 heteroatoms. The van der Waals surface area contributed by atoms with Crippen molar-refractivity contribution in [1.29, 1.82) is 0 Å². The van der Waals surface area contributed by atoms with Crippen molar-refractivity contribution in [3.63, 3.8) is 0 Å². The monoisotopic (exact) mass is 577 g/mol. The van der Waals surface area contributed by atoms with Gasteiger partial charge in [-0.1, -0.05) is 128 Å². The first kappa shape index (κ1) is 32.8. The Morgan fingerprint density at radius 1 is 0.878 bits per heavy atom. The Morgan fingerprint density at radius 3 is 2.15 bits per heavy atom. The van der Waals surface area contributed by atoms with Gasteiger partial charge in [0.15, 0.2) is 12.7 Å². The lowest BCUT2D eigenvalue weighted by Gasteiger charge is -2.23. The summed E-state index contributed by atoms with van der Waals surface area (Å²) in [5.74, 6) is 0.769. The minimum atomic E-state index is -0.102. The van der Waals surface area contributed by atoms with E-state index in [2.05, 4.69) is 68.2 Å². The SMILES string of the molecule is CCCCCCCCCCCCCCOc1cc(NC(=O)c2cccc(C[n+]3ccsc3C)c2)ccc1C(C)(C)C. The van der Waals surface area contributed by atoms with Gasteiger partial charge < -0.3 is 10.1 Å². The number of carbonyl (C=O) groups is 1. The first-order valence-electron chi connectivity index (χ1n) is 15.9. The van der Waals surface area contributed by atoms with Crippen LogP contribution in [0.25, 0.3) is 0 Å². The lowest BCUT2D eigenvalue weighted by Crippen LogP contribution is -2.34. The first-order valence-corrected chi connectivity index (χ1v) is 16.8. The molecule has 4 nitrogen and oxygen atoms in total. The van der Waals surface area contributed by atoms with E-state index < -0.39 is 0 Å². The number of aryl methyl sites for hydroxylation is 1. The summed E-state index contributed by atoms with van der Waals surface area (Å²) >= 11 is 1.73. The zero-order chi connectivity index (χ0) is 29.5. The summed E-state index contributed by atoms with van der Waals surface area (Å²) in [6.07, 6.45) is 18.1. The van der Waals surface area contributed by atoms with Gasteiger partial charge in [0, 0.05) is 29.8 Å². The van der Waals surface area contributed by atoms with E-state index in [4.69, 9.17) is 4.74 Å². The van der Waals surface area contributed by atoms with Crippen molar-refractivity contribution in [1.82, 2.24) is 0 Å². The largest absolute Gasteiger partial charge is 0.493 e. The molecule has 0 fully saturated rings. The van der Waals surface area contributed by atoms with Crippen molar-refractivity contribution in [2.75, 3.05) is 11.9 Å². The van der Waals surface area contributed by atoms with Crippen LogP contribution in [-0.4, -0.2) is 12.5 Å². The third kappa shape index (κ3) is 11.6. The van der Waals surface area contributed by atoms with E-state index in [1.54, 1.807) is 11.3 Å². The maximum absolute atomic E-state index is 13.2. The van der Waals surface area contributed by atoms with Gasteiger partial charge in [-0.25, -0.2) is 0 Å². The molecule has 0 aliphatic rings. The zero-order valence-corrected chi connectivity index (χ0v) is 27.1. The van der Waals surface area contributed by atoms with Crippen molar-refractivity contribution in [3.05, 3.63) is 75.7 Å². The molecule has 0 aliphatic heterocycles. The van der Waals surface area contributed by atoms with Crippen LogP contribution in [0.15, 0.2) is 54.0 Å². The number of anilines is 1. The highest BCUT2D eigenvalue weighted by Gasteiger charge is 2.20. The molecular weight excluding hydrogens is 524 g/mol. The number of ether oxygens (including phenoxy) is 1. The third-order valence-corrected chi connectivity index (χ3v) is 8.56. The normalized spacial score (nSPS) is 11.5. The van der Waals surface area contributed by atoms with Crippen LogP contribution in [0.1, 0.15) is 131 Å². The van der Waals surface area contributed by atoms with E-state index in [9.17, 15) is 4.79 Å². The Balaban J connectivity index is 1.47. The molecule has 0 saturated heterocycles. The average Bonchev–Trinajstić information content (AvgIpc) is 3.34. The highest BCUT2D eigenvalue weighted by atomic mass is 32.1. The molecule has 0 spiro atoms. The van der Waals surface area contributed by atoms with Crippen molar-refractivity contribution >= 4 is 22.9 Å². The second-order valence-corrected chi connectivity index (χ2v) is 13.5. The number of hydrogen-bond donors (Lipinski definition) is 1. The number of nitrogens with one attached hydrogen (secondary N) is 1. The Morgan fingerprint density at radius 2 is 1.54 bits per heavy atom. The second-order valence-electron chi connectivity index (χ2n) is 12.4. The van der Waals surface area contributed by atoms with Crippen LogP contribution in [0.4, 0.5) is 5.69 Å². The maximum atomic E-state index is 13.2. The van der Waals surface area contributed by atoms with Crippen molar-refractivity contribution in [3.8, 4) is 5.75 Å². The van der Waals surface area contributed by atoms with Crippen LogP contribution < -0.4 is 14.6 Å². The van der Waals surface area contributed by atoms with Gasteiger partial charge in [-0.3, -0.25) is 4.79 Å². The van der Waals surface area contributed by atoms with Gasteiger partial charge in [-0.05, 0) is 35.6 Å². The van der Waals surface area contributed by atoms with E-state index in [1.165, 1.54) is 81.2 Å². The Kier molecular flexibility index (Phi) is 13.9. The van der Waals surface area contributed by atoms with E-state index in [0.29, 0.717) is 12.2 Å². The van der Waals surface area contributed by atoms with E-state index in [1.807, 2.05) is 30.3 Å². The van der Waals surface area contributed by atoms with Gasteiger partial charge in [0.25, 0.3) is 5.91 Å². The Hall–Kier alpha value is -2.66. The molecule has 0 saturated carbocycles. The standard InChI is InChI=1S/C36H52N2O2S/c1-6-7-8-9-10-11-12-13-14-15-16-17-24-40-34-27-32(21-22-33(34)36(3,4)5)37-35(39)31-20-18-19-30(26-31)28-38-23-25-41-29(38)2/h18-23,25-27H,6-17,24,28H2,1-5H3/p+1. The van der Waals surface area contributed by atoms with Gasteiger partial charge in [0.1, 0.15) is 5.75 Å². The number of nitrogens with zero attached hydrogens (tertiary/aromatic N) is 1. The minimum absolute atomic E-state index is 0.0415. The second kappa shape index (κ2) is 17.3. The molecule has 0 radical (unpaired) electrons. The number of aromatic nitrogens is 1. The number of hydrogen-bond acceptors (Lipinski definition) is 3. The third-order valence-electron chi connectivity index (χ3n) is 7.73. The summed E-state index contributed by atoms with van der Waals surface area (Å²) in [7, 11) is 0. The first-order chi connectivity index (χ1) is 19.8. The highest BCUT2D eigenvalue weighted by Crippen LogP contribution is 2.34. The quantitative estimate of drug-likeness (QED) is 0.121. The molecular formula is C36H53N2O2S+. The molecule has 0 unspecified atom stereocenters. The van der Waals surface area contributed by atoms with Crippen LogP contribution in [-0.2, 0) is 12.0 Å². The average molecular weight is 578 g/mol. The fourth-order valence-electron chi connectivity index (χ4n) is 5.21.